The molecule has 6 heteroatoms. The summed E-state index contributed by atoms with van der Waals surface area (Å²) in [5.41, 5.74) is 0. The lowest BCUT2D eigenvalue weighted by atomic mass is 10.1. The van der Waals surface area contributed by atoms with Crippen molar-refractivity contribution in [3.8, 4) is 0 Å². The number of likely N-dealkylation sites (N-methyl/N-ethyl adjacent to an activating group) is 1. The van der Waals surface area contributed by atoms with Crippen LogP contribution in [0.1, 0.15) is 96.8 Å². The van der Waals surface area contributed by atoms with Crippen molar-refractivity contribution in [2.45, 2.75) is 109 Å². The Bertz CT molecular complexity index is 499. The molecular formula is C25H48NO5+. The number of carbonyl (C=O) groups is 2. The maximum atomic E-state index is 12.1. The number of esters is 1. The molecule has 6 nitrogen and oxygen atoms in total. The molecule has 2 N–H and O–H groups in total. The number of aliphatic hydroxyl groups excluding tert-OH is 1. The standard InChI is InChI=1S/C25H47NO5/c1-5-6-7-8-9-10-11-12-13-14-15-16-17-18-22(27)19-25(30)31-23(20-24(28)29)21-26(2,3)4/h12-13,22-23,27H,5-11,14-21H2,1-4H3/p+1/b13-12-. The van der Waals surface area contributed by atoms with Gasteiger partial charge in [-0.15, -0.1) is 0 Å². The van der Waals surface area contributed by atoms with Crippen LogP contribution in [0.2, 0.25) is 0 Å². The fourth-order valence-corrected chi connectivity index (χ4v) is 3.57. The average Bonchev–Trinajstić information content (AvgIpc) is 2.63. The molecule has 0 rings (SSSR count). The fraction of sp³-hybridized carbons (Fsp3) is 0.840. The molecule has 2 atom stereocenters. The van der Waals surface area contributed by atoms with E-state index in [0.29, 0.717) is 17.4 Å². The molecule has 2 unspecified atom stereocenters. The predicted octanol–water partition coefficient (Wildman–Crippen LogP) is 5.09. The van der Waals surface area contributed by atoms with Crippen LogP contribution < -0.4 is 0 Å². The number of quaternary nitrogens is 1. The number of ether oxygens (including phenoxy) is 1. The molecule has 31 heavy (non-hydrogen) atoms. The number of hydrogen-bond donors (Lipinski definition) is 2. The Kier molecular flexibility index (Phi) is 17.4. The Balaban J connectivity index is 3.83. The molecule has 0 aliphatic rings. The van der Waals surface area contributed by atoms with Gasteiger partial charge in [0.25, 0.3) is 0 Å². The van der Waals surface area contributed by atoms with Crippen LogP contribution in [0.4, 0.5) is 0 Å². The van der Waals surface area contributed by atoms with Gasteiger partial charge in [-0.05, 0) is 32.1 Å². The highest BCUT2D eigenvalue weighted by Crippen LogP contribution is 2.12. The summed E-state index contributed by atoms with van der Waals surface area (Å²) in [6.45, 7) is 2.66. The number of carbonyl (C=O) groups excluding carboxylic acids is 1. The van der Waals surface area contributed by atoms with E-state index in [1.54, 1.807) is 0 Å². The number of nitrogens with zero attached hydrogens (tertiary/aromatic N) is 1. The number of carboxylic acids is 1. The molecule has 0 aromatic heterocycles. The van der Waals surface area contributed by atoms with E-state index in [9.17, 15) is 14.7 Å². The molecule has 0 spiro atoms. The number of aliphatic carboxylic acids is 1. The number of hydrogen-bond acceptors (Lipinski definition) is 4. The Morgan fingerprint density at radius 2 is 1.42 bits per heavy atom. The van der Waals surface area contributed by atoms with E-state index in [4.69, 9.17) is 9.84 Å². The first kappa shape index (κ1) is 29.6. The molecule has 0 aliphatic carbocycles. The number of unbranched alkanes of at least 4 members (excludes halogenated alkanes) is 9. The zero-order valence-electron chi connectivity index (χ0n) is 20.5. The average molecular weight is 443 g/mol. The first-order chi connectivity index (χ1) is 14.6. The van der Waals surface area contributed by atoms with Crippen molar-refractivity contribution in [2.24, 2.45) is 0 Å². The normalized spacial score (nSPS) is 14.0. The van der Waals surface area contributed by atoms with E-state index in [1.807, 2.05) is 21.1 Å². The summed E-state index contributed by atoms with van der Waals surface area (Å²) in [7, 11) is 5.75. The highest BCUT2D eigenvalue weighted by molar-refractivity contribution is 5.71. The third kappa shape index (κ3) is 21.6. The Labute approximate surface area is 190 Å². The highest BCUT2D eigenvalue weighted by atomic mass is 16.5. The minimum Gasteiger partial charge on any atom is -0.481 e. The maximum absolute atomic E-state index is 12.1. The van der Waals surface area contributed by atoms with Gasteiger partial charge >= 0.3 is 11.9 Å². The second-order valence-electron chi connectivity index (χ2n) is 9.71. The van der Waals surface area contributed by atoms with E-state index in [-0.39, 0.29) is 12.8 Å². The molecular weight excluding hydrogens is 394 g/mol. The topological polar surface area (TPSA) is 83.8 Å². The van der Waals surface area contributed by atoms with Crippen LogP contribution >= 0.6 is 0 Å². The Morgan fingerprint density at radius 1 is 0.871 bits per heavy atom. The molecule has 0 aromatic rings. The van der Waals surface area contributed by atoms with Gasteiger partial charge in [0, 0.05) is 0 Å². The van der Waals surface area contributed by atoms with Crippen LogP contribution in [0, 0.1) is 0 Å². The molecule has 0 bridgehead atoms. The second-order valence-corrected chi connectivity index (χ2v) is 9.71. The maximum Gasteiger partial charge on any atom is 0.308 e. The van der Waals surface area contributed by atoms with Crippen molar-refractivity contribution in [2.75, 3.05) is 27.7 Å². The van der Waals surface area contributed by atoms with Gasteiger partial charge in [0.15, 0.2) is 6.10 Å². The van der Waals surface area contributed by atoms with Crippen molar-refractivity contribution in [3.05, 3.63) is 12.2 Å². The van der Waals surface area contributed by atoms with Crippen molar-refractivity contribution in [1.82, 2.24) is 0 Å². The third-order valence-electron chi connectivity index (χ3n) is 5.15. The minimum absolute atomic E-state index is 0.0780. The summed E-state index contributed by atoms with van der Waals surface area (Å²) in [6.07, 6.45) is 16.6. The minimum atomic E-state index is -0.993. The molecule has 0 aromatic carbocycles. The van der Waals surface area contributed by atoms with E-state index in [1.165, 1.54) is 44.9 Å². The summed E-state index contributed by atoms with van der Waals surface area (Å²) in [6, 6.07) is 0. The monoisotopic (exact) mass is 442 g/mol. The molecule has 0 saturated heterocycles. The summed E-state index contributed by atoms with van der Waals surface area (Å²) in [4.78, 5) is 23.1. The van der Waals surface area contributed by atoms with Crippen molar-refractivity contribution in [3.63, 3.8) is 0 Å². The Hall–Kier alpha value is -1.40. The lowest BCUT2D eigenvalue weighted by Crippen LogP contribution is -2.44. The van der Waals surface area contributed by atoms with E-state index >= 15 is 0 Å². The molecule has 0 amide bonds. The van der Waals surface area contributed by atoms with Gasteiger partial charge < -0.3 is 19.4 Å². The van der Waals surface area contributed by atoms with Crippen LogP contribution in [-0.2, 0) is 14.3 Å². The van der Waals surface area contributed by atoms with Crippen LogP contribution in [0.25, 0.3) is 0 Å². The van der Waals surface area contributed by atoms with E-state index < -0.39 is 24.1 Å². The van der Waals surface area contributed by atoms with E-state index in [2.05, 4.69) is 19.1 Å². The van der Waals surface area contributed by atoms with Gasteiger partial charge in [-0.25, -0.2) is 0 Å². The van der Waals surface area contributed by atoms with Crippen LogP contribution in [0.3, 0.4) is 0 Å². The number of aliphatic hydroxyl groups is 1. The fourth-order valence-electron chi connectivity index (χ4n) is 3.57. The van der Waals surface area contributed by atoms with Gasteiger partial charge in [0.2, 0.25) is 0 Å². The predicted molar refractivity (Wildman–Crippen MR) is 126 cm³/mol. The molecule has 0 saturated carbocycles. The number of carboxylic acid groups (broad SMARTS) is 1. The van der Waals surface area contributed by atoms with Crippen LogP contribution in [0.5, 0.6) is 0 Å². The summed E-state index contributed by atoms with van der Waals surface area (Å²) >= 11 is 0. The molecule has 0 fully saturated rings. The van der Waals surface area contributed by atoms with Crippen molar-refractivity contribution >= 4 is 11.9 Å². The lowest BCUT2D eigenvalue weighted by Gasteiger charge is -2.28. The molecule has 0 aliphatic heterocycles. The molecule has 0 radical (unpaired) electrons. The largest absolute Gasteiger partial charge is 0.481 e. The van der Waals surface area contributed by atoms with E-state index in [0.717, 1.165) is 25.7 Å². The summed E-state index contributed by atoms with van der Waals surface area (Å²) < 4.78 is 5.82. The van der Waals surface area contributed by atoms with Crippen molar-refractivity contribution < 1.29 is 29.0 Å². The lowest BCUT2D eigenvalue weighted by molar-refractivity contribution is -0.873. The molecule has 0 heterocycles. The smallest absolute Gasteiger partial charge is 0.308 e. The quantitative estimate of drug-likeness (QED) is 0.119. The first-order valence-electron chi connectivity index (χ1n) is 12.2. The second kappa shape index (κ2) is 18.2. The van der Waals surface area contributed by atoms with Crippen molar-refractivity contribution in [1.29, 1.82) is 0 Å². The third-order valence-corrected chi connectivity index (χ3v) is 5.15. The summed E-state index contributed by atoms with van der Waals surface area (Å²) in [5.74, 6) is -1.52. The SMILES string of the molecule is CCCCCCCC/C=C\CCCCCC(O)CC(=O)OC(CC(=O)O)C[N+](C)(C)C. The number of allylic oxidation sites excluding steroid dienone is 2. The Morgan fingerprint density at radius 3 is 1.97 bits per heavy atom. The first-order valence-corrected chi connectivity index (χ1v) is 12.2. The van der Waals surface area contributed by atoms with Gasteiger partial charge in [-0.2, -0.15) is 0 Å². The van der Waals surface area contributed by atoms with Gasteiger partial charge in [-0.1, -0.05) is 64.0 Å². The van der Waals surface area contributed by atoms with Crippen LogP contribution in [-0.4, -0.2) is 66.5 Å². The summed E-state index contributed by atoms with van der Waals surface area (Å²) in [5, 5.41) is 19.1. The van der Waals surface area contributed by atoms with Gasteiger partial charge in [0.1, 0.15) is 6.54 Å². The zero-order valence-corrected chi connectivity index (χ0v) is 20.5. The highest BCUT2D eigenvalue weighted by Gasteiger charge is 2.25. The zero-order chi connectivity index (χ0) is 23.5. The molecule has 182 valence electrons. The van der Waals surface area contributed by atoms with Crippen LogP contribution in [0.15, 0.2) is 12.2 Å². The van der Waals surface area contributed by atoms with Gasteiger partial charge in [0.05, 0.1) is 40.1 Å². The number of rotatable bonds is 20. The van der Waals surface area contributed by atoms with Gasteiger partial charge in [-0.3, -0.25) is 9.59 Å².